The number of carbonyl (C=O) groups excluding carboxylic acids is 1. The van der Waals surface area contributed by atoms with E-state index in [2.05, 4.69) is 10.5 Å². The fraction of sp³-hybridized carbons (Fsp3) is 0.143. The molecule has 29 heavy (non-hydrogen) atoms. The Bertz CT molecular complexity index is 1030. The first kappa shape index (κ1) is 20.2. The van der Waals surface area contributed by atoms with Crippen LogP contribution in [0.2, 0.25) is 0 Å². The van der Waals surface area contributed by atoms with Crippen LogP contribution in [-0.4, -0.2) is 30.9 Å². The van der Waals surface area contributed by atoms with Crippen molar-refractivity contribution in [3.05, 3.63) is 59.0 Å². The second-order valence-electron chi connectivity index (χ2n) is 5.95. The molecule has 0 fully saturated rings. The van der Waals surface area contributed by atoms with Crippen molar-refractivity contribution in [3.8, 4) is 27.7 Å². The number of anilines is 1. The molecule has 0 saturated carbocycles. The number of ether oxygens (including phenoxy) is 2. The number of hydrazone groups is 1. The molecule has 150 valence electrons. The zero-order valence-corrected chi connectivity index (χ0v) is 16.8. The molecule has 0 bridgehead atoms. The Morgan fingerprint density at radius 3 is 2.72 bits per heavy atom. The van der Waals surface area contributed by atoms with E-state index in [1.807, 2.05) is 31.2 Å². The number of methoxy groups -OCH3 is 1. The molecule has 3 rings (SSSR count). The fourth-order valence-electron chi connectivity index (χ4n) is 2.61. The van der Waals surface area contributed by atoms with Crippen LogP contribution in [0.5, 0.6) is 17.2 Å². The summed E-state index contributed by atoms with van der Waals surface area (Å²) in [6.45, 7) is 2.26. The highest BCUT2D eigenvalue weighted by molar-refractivity contribution is 7.18. The molecule has 2 aromatic carbocycles. The number of nitrogen functional groups attached to an aromatic ring is 1. The molecule has 1 heterocycles. The van der Waals surface area contributed by atoms with E-state index in [0.29, 0.717) is 28.5 Å². The Kier molecular flexibility index (Phi) is 6.36. The summed E-state index contributed by atoms with van der Waals surface area (Å²) in [6, 6.07) is 14.3. The first-order chi connectivity index (χ1) is 14.0. The molecule has 0 aliphatic carbocycles. The molecular formula is C21H21N3O4S. The number of benzene rings is 2. The van der Waals surface area contributed by atoms with Gasteiger partial charge in [-0.1, -0.05) is 6.07 Å². The number of rotatable bonds is 7. The summed E-state index contributed by atoms with van der Waals surface area (Å²) >= 11 is 1.27. The van der Waals surface area contributed by atoms with Crippen molar-refractivity contribution >= 4 is 29.1 Å². The van der Waals surface area contributed by atoms with E-state index in [-0.39, 0.29) is 5.75 Å². The van der Waals surface area contributed by atoms with Crippen molar-refractivity contribution in [1.29, 1.82) is 0 Å². The predicted octanol–water partition coefficient (Wildman–Crippen LogP) is 3.87. The minimum atomic E-state index is -0.427. The minimum Gasteiger partial charge on any atom is -0.504 e. The monoisotopic (exact) mass is 411 g/mol. The lowest BCUT2D eigenvalue weighted by Gasteiger charge is -2.07. The van der Waals surface area contributed by atoms with Crippen molar-refractivity contribution in [3.63, 3.8) is 0 Å². The molecule has 0 aliphatic rings. The van der Waals surface area contributed by atoms with E-state index in [9.17, 15) is 9.90 Å². The second-order valence-corrected chi connectivity index (χ2v) is 7.00. The number of amides is 1. The Morgan fingerprint density at radius 1 is 1.28 bits per heavy atom. The summed E-state index contributed by atoms with van der Waals surface area (Å²) in [5.41, 5.74) is 10.2. The van der Waals surface area contributed by atoms with Crippen LogP contribution in [0.3, 0.4) is 0 Å². The van der Waals surface area contributed by atoms with E-state index in [1.54, 1.807) is 31.4 Å². The number of thiophene rings is 1. The van der Waals surface area contributed by atoms with Gasteiger partial charge in [0.05, 0.1) is 25.6 Å². The molecule has 0 spiro atoms. The van der Waals surface area contributed by atoms with Crippen LogP contribution in [0.25, 0.3) is 10.4 Å². The molecule has 0 unspecified atom stereocenters. The van der Waals surface area contributed by atoms with Crippen molar-refractivity contribution in [2.45, 2.75) is 6.92 Å². The van der Waals surface area contributed by atoms with Gasteiger partial charge in [0.15, 0.2) is 11.5 Å². The van der Waals surface area contributed by atoms with Gasteiger partial charge in [-0.25, -0.2) is 5.43 Å². The smallest absolute Gasteiger partial charge is 0.283 e. The first-order valence-electron chi connectivity index (χ1n) is 8.85. The third-order valence-electron chi connectivity index (χ3n) is 4.04. The largest absolute Gasteiger partial charge is 0.504 e. The number of nitrogens with one attached hydrogen (secondary N) is 1. The van der Waals surface area contributed by atoms with Gasteiger partial charge in [0, 0.05) is 10.4 Å². The topological polar surface area (TPSA) is 106 Å². The summed E-state index contributed by atoms with van der Waals surface area (Å²) < 4.78 is 10.5. The van der Waals surface area contributed by atoms with Gasteiger partial charge in [-0.3, -0.25) is 4.79 Å². The van der Waals surface area contributed by atoms with Crippen LogP contribution >= 0.6 is 11.3 Å². The maximum absolute atomic E-state index is 12.5. The highest BCUT2D eigenvalue weighted by atomic mass is 32.1. The quantitative estimate of drug-likeness (QED) is 0.404. The second kappa shape index (κ2) is 9.11. The number of phenols is 1. The van der Waals surface area contributed by atoms with Crippen molar-refractivity contribution in [1.82, 2.24) is 5.43 Å². The molecule has 1 aromatic heterocycles. The predicted molar refractivity (Wildman–Crippen MR) is 115 cm³/mol. The fourth-order valence-corrected chi connectivity index (χ4v) is 3.58. The molecule has 0 aliphatic heterocycles. The highest BCUT2D eigenvalue weighted by Gasteiger charge is 2.15. The summed E-state index contributed by atoms with van der Waals surface area (Å²) in [6.07, 6.45) is 1.35. The molecule has 0 saturated heterocycles. The van der Waals surface area contributed by atoms with Gasteiger partial charge < -0.3 is 20.3 Å². The molecule has 0 radical (unpaired) electrons. The number of nitrogens with zero attached hydrogens (tertiary/aromatic N) is 1. The number of hydrogen-bond acceptors (Lipinski definition) is 7. The normalized spacial score (nSPS) is 10.8. The molecule has 7 nitrogen and oxygen atoms in total. The Morgan fingerprint density at radius 2 is 2.03 bits per heavy atom. The Labute approximate surface area is 172 Å². The van der Waals surface area contributed by atoms with Gasteiger partial charge in [0.2, 0.25) is 0 Å². The zero-order chi connectivity index (χ0) is 20.8. The molecule has 4 N–H and O–H groups in total. The van der Waals surface area contributed by atoms with Gasteiger partial charge in [0.1, 0.15) is 10.6 Å². The van der Waals surface area contributed by atoms with E-state index >= 15 is 0 Å². The third-order valence-corrected chi connectivity index (χ3v) is 5.24. The summed E-state index contributed by atoms with van der Waals surface area (Å²) in [5, 5.41) is 14.1. The number of carbonyl (C=O) groups is 1. The number of hydrogen-bond donors (Lipinski definition) is 3. The Balaban J connectivity index is 1.72. The summed E-state index contributed by atoms with van der Waals surface area (Å²) in [5.74, 6) is 0.644. The van der Waals surface area contributed by atoms with E-state index in [0.717, 1.165) is 16.2 Å². The molecule has 8 heteroatoms. The first-order valence-corrected chi connectivity index (χ1v) is 9.67. The maximum Gasteiger partial charge on any atom is 0.283 e. The van der Waals surface area contributed by atoms with Crippen LogP contribution in [0.15, 0.2) is 53.6 Å². The number of phenolic OH excluding ortho intramolecular Hbond substituents is 1. The van der Waals surface area contributed by atoms with Crippen LogP contribution in [0, 0.1) is 0 Å². The molecule has 1 amide bonds. The molecular weight excluding hydrogens is 390 g/mol. The number of aromatic hydroxyl groups is 1. The van der Waals surface area contributed by atoms with Gasteiger partial charge in [-0.05, 0) is 55.0 Å². The average molecular weight is 411 g/mol. The van der Waals surface area contributed by atoms with Crippen LogP contribution < -0.4 is 20.6 Å². The lowest BCUT2D eigenvalue weighted by molar-refractivity contribution is 0.0960. The van der Waals surface area contributed by atoms with E-state index < -0.39 is 5.91 Å². The zero-order valence-electron chi connectivity index (χ0n) is 16.0. The third kappa shape index (κ3) is 4.67. The van der Waals surface area contributed by atoms with Gasteiger partial charge >= 0.3 is 0 Å². The van der Waals surface area contributed by atoms with Gasteiger partial charge in [0.25, 0.3) is 5.91 Å². The van der Waals surface area contributed by atoms with E-state index in [1.165, 1.54) is 17.6 Å². The van der Waals surface area contributed by atoms with Crippen LogP contribution in [-0.2, 0) is 0 Å². The average Bonchev–Trinajstić information content (AvgIpc) is 3.12. The summed E-state index contributed by atoms with van der Waals surface area (Å²) in [4.78, 5) is 13.7. The van der Waals surface area contributed by atoms with Crippen molar-refractivity contribution in [2.75, 3.05) is 19.5 Å². The van der Waals surface area contributed by atoms with Crippen LogP contribution in [0.4, 0.5) is 5.69 Å². The molecule has 0 atom stereocenters. The van der Waals surface area contributed by atoms with Crippen molar-refractivity contribution < 1.29 is 19.4 Å². The Hall–Kier alpha value is -3.52. The highest BCUT2D eigenvalue weighted by Crippen LogP contribution is 2.34. The maximum atomic E-state index is 12.5. The molecule has 3 aromatic rings. The summed E-state index contributed by atoms with van der Waals surface area (Å²) in [7, 11) is 1.61. The van der Waals surface area contributed by atoms with E-state index in [4.69, 9.17) is 15.2 Å². The standard InChI is InChI=1S/C21H21N3O4S/c1-3-28-17-6-4-5-14(19(17)25)12-23-24-21(26)20-16(22)11-18(29-20)13-7-9-15(27-2)10-8-13/h4-12,25H,3,22H2,1-2H3,(H,24,26)/b23-12+. The lowest BCUT2D eigenvalue weighted by atomic mass is 10.2. The number of nitrogens with two attached hydrogens (primary N) is 1. The lowest BCUT2D eigenvalue weighted by Crippen LogP contribution is -2.17. The van der Waals surface area contributed by atoms with Gasteiger partial charge in [-0.15, -0.1) is 11.3 Å². The number of para-hydroxylation sites is 1. The minimum absolute atomic E-state index is 0.0372. The van der Waals surface area contributed by atoms with Crippen molar-refractivity contribution in [2.24, 2.45) is 5.10 Å². The van der Waals surface area contributed by atoms with Gasteiger partial charge in [-0.2, -0.15) is 5.10 Å². The SMILES string of the molecule is CCOc1cccc(/C=N/NC(=O)c2sc(-c3ccc(OC)cc3)cc2N)c1O. The van der Waals surface area contributed by atoms with Crippen LogP contribution in [0.1, 0.15) is 22.2 Å².